The van der Waals surface area contributed by atoms with Gasteiger partial charge in [-0.25, -0.2) is 4.79 Å². The first kappa shape index (κ1) is 22.6. The molecule has 1 aromatic carbocycles. The van der Waals surface area contributed by atoms with Gasteiger partial charge in [-0.15, -0.1) is 0 Å². The Balaban J connectivity index is 1.57. The number of anilines is 2. The number of benzene rings is 1. The molecule has 0 unspecified atom stereocenters. The number of hydrogen-bond acceptors (Lipinski definition) is 4. The minimum absolute atomic E-state index is 0.0836. The van der Waals surface area contributed by atoms with Crippen LogP contribution in [-0.2, 0) is 11.3 Å². The average Bonchev–Trinajstić information content (AvgIpc) is 2.74. The second-order valence-corrected chi connectivity index (χ2v) is 7.98. The lowest BCUT2D eigenvalue weighted by Gasteiger charge is -2.26. The number of urea groups is 1. The van der Waals surface area contributed by atoms with E-state index >= 15 is 0 Å². The Hall–Kier alpha value is -3.13. The van der Waals surface area contributed by atoms with Crippen LogP contribution in [0.3, 0.4) is 0 Å². The Morgan fingerprint density at radius 1 is 1.00 bits per heavy atom. The zero-order valence-corrected chi connectivity index (χ0v) is 18.2. The first-order chi connectivity index (χ1) is 14.9. The maximum atomic E-state index is 12.8. The number of pyridine rings is 1. The van der Waals surface area contributed by atoms with Crippen LogP contribution in [0.25, 0.3) is 0 Å². The molecule has 31 heavy (non-hydrogen) atoms. The van der Waals surface area contributed by atoms with E-state index in [1.807, 2.05) is 25.1 Å². The van der Waals surface area contributed by atoms with Gasteiger partial charge in [-0.2, -0.15) is 0 Å². The summed E-state index contributed by atoms with van der Waals surface area (Å²) in [4.78, 5) is 39.8. The van der Waals surface area contributed by atoms with Crippen molar-refractivity contribution in [2.45, 2.75) is 39.7 Å². The summed E-state index contributed by atoms with van der Waals surface area (Å²) in [5, 5.41) is 8.18. The predicted molar refractivity (Wildman–Crippen MR) is 123 cm³/mol. The van der Waals surface area contributed by atoms with Gasteiger partial charge in [0.1, 0.15) is 12.2 Å². The minimum Gasteiger partial charge on any atom is -0.353 e. The lowest BCUT2D eigenvalue weighted by Crippen LogP contribution is -2.40. The standard InChI is InChI=1S/C23H31N5O3/c1-17-7-6-8-19(15-17)25-23(31)26-20-10-9-18(2)28(22(20)30)16-21(29)24-11-14-27-12-4-3-5-13-27/h6-10,15H,3-5,11-14,16H2,1-2H3,(H,24,29)(H2,25,26,31). The van der Waals surface area contributed by atoms with Crippen LogP contribution in [0.4, 0.5) is 16.2 Å². The molecule has 0 bridgehead atoms. The number of rotatable bonds is 7. The van der Waals surface area contributed by atoms with E-state index in [-0.39, 0.29) is 18.1 Å². The maximum absolute atomic E-state index is 12.8. The third-order valence-corrected chi connectivity index (χ3v) is 5.42. The summed E-state index contributed by atoms with van der Waals surface area (Å²) in [5.74, 6) is -0.219. The molecule has 1 aromatic heterocycles. The summed E-state index contributed by atoms with van der Waals surface area (Å²) < 4.78 is 1.37. The molecule has 8 nitrogen and oxygen atoms in total. The molecule has 0 spiro atoms. The van der Waals surface area contributed by atoms with Crippen molar-refractivity contribution in [2.75, 3.05) is 36.8 Å². The van der Waals surface area contributed by atoms with Crippen LogP contribution in [0.5, 0.6) is 0 Å². The first-order valence-corrected chi connectivity index (χ1v) is 10.8. The van der Waals surface area contributed by atoms with Crippen LogP contribution in [-0.4, -0.2) is 47.6 Å². The average molecular weight is 426 g/mol. The highest BCUT2D eigenvalue weighted by Gasteiger charge is 2.14. The van der Waals surface area contributed by atoms with Gasteiger partial charge < -0.3 is 25.4 Å². The monoisotopic (exact) mass is 425 g/mol. The molecule has 1 saturated heterocycles. The Morgan fingerprint density at radius 3 is 2.52 bits per heavy atom. The number of aromatic nitrogens is 1. The molecule has 0 saturated carbocycles. The first-order valence-electron chi connectivity index (χ1n) is 10.8. The van der Waals surface area contributed by atoms with Crippen LogP contribution in [0.1, 0.15) is 30.5 Å². The molecule has 2 aromatic rings. The van der Waals surface area contributed by atoms with Crippen LogP contribution in [0.15, 0.2) is 41.2 Å². The summed E-state index contributed by atoms with van der Waals surface area (Å²) in [6.45, 7) is 7.14. The highest BCUT2D eigenvalue weighted by atomic mass is 16.2. The normalized spacial score (nSPS) is 14.1. The van der Waals surface area contributed by atoms with Gasteiger partial charge in [0.15, 0.2) is 0 Å². The van der Waals surface area contributed by atoms with Crippen LogP contribution in [0, 0.1) is 13.8 Å². The van der Waals surface area contributed by atoms with Gasteiger partial charge in [0.25, 0.3) is 5.56 Å². The third kappa shape index (κ3) is 6.68. The third-order valence-electron chi connectivity index (χ3n) is 5.42. The van der Waals surface area contributed by atoms with Crippen molar-refractivity contribution in [1.82, 2.24) is 14.8 Å². The zero-order valence-electron chi connectivity index (χ0n) is 18.2. The number of likely N-dealkylation sites (tertiary alicyclic amines) is 1. The molecule has 0 aliphatic carbocycles. The van der Waals surface area contributed by atoms with Crippen molar-refractivity contribution in [3.05, 3.63) is 58.0 Å². The predicted octanol–water partition coefficient (Wildman–Crippen LogP) is 2.71. The smallest absolute Gasteiger partial charge is 0.323 e. The Kier molecular flexibility index (Phi) is 7.83. The molecule has 166 valence electrons. The molecular formula is C23H31N5O3. The fourth-order valence-corrected chi connectivity index (χ4v) is 3.71. The minimum atomic E-state index is -0.510. The summed E-state index contributed by atoms with van der Waals surface area (Å²) in [7, 11) is 0. The van der Waals surface area contributed by atoms with E-state index in [0.717, 1.165) is 25.2 Å². The van der Waals surface area contributed by atoms with E-state index in [1.165, 1.54) is 23.8 Å². The highest BCUT2D eigenvalue weighted by molar-refractivity contribution is 5.99. The SMILES string of the molecule is Cc1cccc(NC(=O)Nc2ccc(C)n(CC(=O)NCCN3CCCCC3)c2=O)c1. The van der Waals surface area contributed by atoms with Gasteiger partial charge in [-0.05, 0) is 69.6 Å². The number of hydrogen-bond donors (Lipinski definition) is 3. The zero-order chi connectivity index (χ0) is 22.2. The van der Waals surface area contributed by atoms with Gasteiger partial charge >= 0.3 is 6.03 Å². The molecule has 0 atom stereocenters. The fraction of sp³-hybridized carbons (Fsp3) is 0.435. The number of carbonyl (C=O) groups excluding carboxylic acids is 2. The van der Waals surface area contributed by atoms with Crippen molar-refractivity contribution < 1.29 is 9.59 Å². The number of aryl methyl sites for hydroxylation is 2. The van der Waals surface area contributed by atoms with Crippen molar-refractivity contribution >= 4 is 23.3 Å². The molecule has 1 aliphatic heterocycles. The Bertz CT molecular complexity index is 979. The van der Waals surface area contributed by atoms with Gasteiger partial charge in [-0.3, -0.25) is 9.59 Å². The number of piperidine rings is 1. The van der Waals surface area contributed by atoms with E-state index in [4.69, 9.17) is 0 Å². The molecule has 1 fully saturated rings. The Labute approximate surface area is 182 Å². The Morgan fingerprint density at radius 2 is 1.77 bits per heavy atom. The van der Waals surface area contributed by atoms with Crippen molar-refractivity contribution in [3.8, 4) is 0 Å². The van der Waals surface area contributed by atoms with Crippen LogP contribution < -0.4 is 21.5 Å². The lowest BCUT2D eigenvalue weighted by atomic mass is 10.1. The molecule has 0 radical (unpaired) electrons. The summed E-state index contributed by atoms with van der Waals surface area (Å²) in [6, 6.07) is 10.1. The van der Waals surface area contributed by atoms with Crippen LogP contribution >= 0.6 is 0 Å². The molecule has 8 heteroatoms. The summed E-state index contributed by atoms with van der Waals surface area (Å²) in [6.07, 6.45) is 3.69. The van der Waals surface area contributed by atoms with E-state index in [9.17, 15) is 14.4 Å². The molecule has 2 heterocycles. The van der Waals surface area contributed by atoms with E-state index < -0.39 is 11.6 Å². The van der Waals surface area contributed by atoms with Gasteiger partial charge in [-0.1, -0.05) is 18.6 Å². The second-order valence-electron chi connectivity index (χ2n) is 7.98. The van der Waals surface area contributed by atoms with Crippen molar-refractivity contribution in [1.29, 1.82) is 0 Å². The lowest BCUT2D eigenvalue weighted by molar-refractivity contribution is -0.121. The highest BCUT2D eigenvalue weighted by Crippen LogP contribution is 2.11. The summed E-state index contributed by atoms with van der Waals surface area (Å²) >= 11 is 0. The quantitative estimate of drug-likeness (QED) is 0.636. The van der Waals surface area contributed by atoms with Crippen molar-refractivity contribution in [3.63, 3.8) is 0 Å². The van der Waals surface area contributed by atoms with E-state index in [0.29, 0.717) is 17.9 Å². The number of amides is 3. The van der Waals surface area contributed by atoms with E-state index in [2.05, 4.69) is 20.9 Å². The summed E-state index contributed by atoms with van der Waals surface area (Å²) in [5.41, 5.74) is 2.02. The van der Waals surface area contributed by atoms with Gasteiger partial charge in [0.05, 0.1) is 0 Å². The van der Waals surface area contributed by atoms with E-state index in [1.54, 1.807) is 25.1 Å². The fourth-order valence-electron chi connectivity index (χ4n) is 3.71. The molecule has 3 amide bonds. The van der Waals surface area contributed by atoms with Crippen LogP contribution in [0.2, 0.25) is 0 Å². The maximum Gasteiger partial charge on any atom is 0.323 e. The molecular weight excluding hydrogens is 394 g/mol. The molecule has 3 N–H and O–H groups in total. The number of carbonyl (C=O) groups is 2. The molecule has 1 aliphatic rings. The second kappa shape index (κ2) is 10.8. The largest absolute Gasteiger partial charge is 0.353 e. The van der Waals surface area contributed by atoms with Gasteiger partial charge in [0.2, 0.25) is 5.91 Å². The number of nitrogens with zero attached hydrogens (tertiary/aromatic N) is 2. The molecule has 3 rings (SSSR count). The number of nitrogens with one attached hydrogen (secondary N) is 3. The topological polar surface area (TPSA) is 95.5 Å². The van der Waals surface area contributed by atoms with Gasteiger partial charge in [0, 0.05) is 24.5 Å². The van der Waals surface area contributed by atoms with Crippen molar-refractivity contribution in [2.24, 2.45) is 0 Å².